The minimum absolute atomic E-state index is 0.0626. The summed E-state index contributed by atoms with van der Waals surface area (Å²) in [6, 6.07) is 0. The van der Waals surface area contributed by atoms with Crippen molar-refractivity contribution in [3.63, 3.8) is 0 Å². The van der Waals surface area contributed by atoms with Crippen LogP contribution in [0, 0.1) is 0 Å². The summed E-state index contributed by atoms with van der Waals surface area (Å²) < 4.78 is 2.01. The smallest absolute Gasteiger partial charge is 0.212 e. The molecule has 0 atom stereocenters. The SMILES string of the molecule is NC(=NCCCCn1ccnc1)NO. The Labute approximate surface area is 82.4 Å². The molecular formula is C8H15N5O. The summed E-state index contributed by atoms with van der Waals surface area (Å²) in [5, 5.41) is 8.32. The van der Waals surface area contributed by atoms with Gasteiger partial charge in [-0.05, 0) is 12.8 Å². The molecule has 1 aromatic heterocycles. The first-order chi connectivity index (χ1) is 6.83. The summed E-state index contributed by atoms with van der Waals surface area (Å²) in [4.78, 5) is 7.80. The number of hydroxylamine groups is 1. The average Bonchev–Trinajstić information content (AvgIpc) is 2.69. The van der Waals surface area contributed by atoms with E-state index in [2.05, 4.69) is 9.98 Å². The summed E-state index contributed by atoms with van der Waals surface area (Å²) in [6.07, 6.45) is 7.41. The fourth-order valence-electron chi connectivity index (χ4n) is 1.06. The number of aromatic nitrogens is 2. The fraction of sp³-hybridized carbons (Fsp3) is 0.500. The Hall–Kier alpha value is -1.56. The van der Waals surface area contributed by atoms with Gasteiger partial charge in [0.05, 0.1) is 6.33 Å². The number of imidazole rings is 1. The van der Waals surface area contributed by atoms with Gasteiger partial charge in [-0.25, -0.2) is 10.5 Å². The molecule has 6 nitrogen and oxygen atoms in total. The van der Waals surface area contributed by atoms with Gasteiger partial charge in [-0.2, -0.15) is 0 Å². The molecule has 4 N–H and O–H groups in total. The van der Waals surface area contributed by atoms with E-state index in [1.807, 2.05) is 10.8 Å². The first-order valence-electron chi connectivity index (χ1n) is 4.48. The second-order valence-corrected chi connectivity index (χ2v) is 2.89. The molecule has 0 unspecified atom stereocenters. The molecule has 14 heavy (non-hydrogen) atoms. The lowest BCUT2D eigenvalue weighted by Crippen LogP contribution is -2.28. The molecule has 6 heteroatoms. The number of nitrogens with zero attached hydrogens (tertiary/aromatic N) is 3. The quantitative estimate of drug-likeness (QED) is 0.267. The van der Waals surface area contributed by atoms with Crippen LogP contribution in [-0.2, 0) is 6.54 Å². The zero-order valence-electron chi connectivity index (χ0n) is 7.93. The van der Waals surface area contributed by atoms with Gasteiger partial charge >= 0.3 is 0 Å². The number of rotatable bonds is 5. The first kappa shape index (κ1) is 10.5. The maximum absolute atomic E-state index is 8.32. The largest absolute Gasteiger partial charge is 0.368 e. The van der Waals surface area contributed by atoms with Gasteiger partial charge in [-0.15, -0.1) is 0 Å². The van der Waals surface area contributed by atoms with Gasteiger partial charge < -0.3 is 10.3 Å². The summed E-state index contributed by atoms with van der Waals surface area (Å²) in [5.41, 5.74) is 7.01. The number of aliphatic imine (C=N–C) groups is 1. The Balaban J connectivity index is 2.05. The number of nitrogens with two attached hydrogens (primary N) is 1. The van der Waals surface area contributed by atoms with E-state index < -0.39 is 0 Å². The van der Waals surface area contributed by atoms with Crippen molar-refractivity contribution in [2.75, 3.05) is 6.54 Å². The molecule has 0 amide bonds. The first-order valence-corrected chi connectivity index (χ1v) is 4.48. The van der Waals surface area contributed by atoms with E-state index in [0.29, 0.717) is 6.54 Å². The zero-order chi connectivity index (χ0) is 10.2. The minimum Gasteiger partial charge on any atom is -0.368 e. The molecule has 0 saturated heterocycles. The van der Waals surface area contributed by atoms with E-state index >= 15 is 0 Å². The maximum Gasteiger partial charge on any atom is 0.212 e. The molecule has 1 rings (SSSR count). The van der Waals surface area contributed by atoms with Gasteiger partial charge in [0.1, 0.15) is 0 Å². The number of guanidine groups is 1. The van der Waals surface area contributed by atoms with Crippen LogP contribution < -0.4 is 11.2 Å². The van der Waals surface area contributed by atoms with E-state index in [9.17, 15) is 0 Å². The van der Waals surface area contributed by atoms with E-state index in [1.54, 1.807) is 18.0 Å². The minimum atomic E-state index is 0.0626. The third kappa shape index (κ3) is 3.90. The predicted octanol–water partition coefficient (Wildman–Crippen LogP) is -0.0432. The third-order valence-electron chi connectivity index (χ3n) is 1.78. The van der Waals surface area contributed by atoms with Crippen molar-refractivity contribution in [3.8, 4) is 0 Å². The standard InChI is InChI=1S/C8H15N5O/c9-8(12-14)11-3-1-2-5-13-6-4-10-7-13/h4,6-7,14H,1-3,5H2,(H3,9,11,12). The highest BCUT2D eigenvalue weighted by molar-refractivity contribution is 5.76. The van der Waals surface area contributed by atoms with E-state index in [-0.39, 0.29) is 5.96 Å². The molecule has 1 aromatic rings. The molecule has 0 aromatic carbocycles. The van der Waals surface area contributed by atoms with Crippen LogP contribution in [0.5, 0.6) is 0 Å². The second-order valence-electron chi connectivity index (χ2n) is 2.89. The van der Waals surface area contributed by atoms with Gasteiger partial charge in [0.15, 0.2) is 0 Å². The highest BCUT2D eigenvalue weighted by Gasteiger charge is 1.91. The van der Waals surface area contributed by atoms with Crippen LogP contribution in [0.25, 0.3) is 0 Å². The van der Waals surface area contributed by atoms with Crippen LogP contribution in [0.3, 0.4) is 0 Å². The summed E-state index contributed by atoms with van der Waals surface area (Å²) in [5.74, 6) is 0.0626. The van der Waals surface area contributed by atoms with Crippen molar-refractivity contribution in [2.24, 2.45) is 10.7 Å². The zero-order valence-corrected chi connectivity index (χ0v) is 7.93. The maximum atomic E-state index is 8.32. The topological polar surface area (TPSA) is 88.5 Å². The Bertz CT molecular complexity index is 269. The molecule has 0 bridgehead atoms. The Morgan fingerprint density at radius 2 is 2.43 bits per heavy atom. The highest BCUT2D eigenvalue weighted by atomic mass is 16.5. The molecule has 0 aliphatic heterocycles. The van der Waals surface area contributed by atoms with Gasteiger partial charge in [-0.1, -0.05) is 0 Å². The van der Waals surface area contributed by atoms with Gasteiger partial charge in [-0.3, -0.25) is 10.2 Å². The van der Waals surface area contributed by atoms with E-state index in [0.717, 1.165) is 19.4 Å². The number of hydrogen-bond donors (Lipinski definition) is 3. The van der Waals surface area contributed by atoms with Gasteiger partial charge in [0.25, 0.3) is 0 Å². The molecule has 0 fully saturated rings. The Morgan fingerprint density at radius 1 is 1.57 bits per heavy atom. The number of unbranched alkanes of at least 4 members (excludes halogenated alkanes) is 1. The molecule has 0 aliphatic carbocycles. The van der Waals surface area contributed by atoms with Crippen molar-refractivity contribution >= 4 is 5.96 Å². The Morgan fingerprint density at radius 3 is 3.07 bits per heavy atom. The van der Waals surface area contributed by atoms with Crippen LogP contribution in [-0.4, -0.2) is 27.3 Å². The number of aryl methyl sites for hydroxylation is 1. The van der Waals surface area contributed by atoms with Crippen molar-refractivity contribution in [2.45, 2.75) is 19.4 Å². The predicted molar refractivity (Wildman–Crippen MR) is 52.9 cm³/mol. The fourth-order valence-corrected chi connectivity index (χ4v) is 1.06. The van der Waals surface area contributed by atoms with Crippen LogP contribution in [0.2, 0.25) is 0 Å². The van der Waals surface area contributed by atoms with Crippen molar-refractivity contribution in [1.29, 1.82) is 0 Å². The number of nitrogens with one attached hydrogen (secondary N) is 1. The summed E-state index contributed by atoms with van der Waals surface area (Å²) >= 11 is 0. The lowest BCUT2D eigenvalue weighted by atomic mass is 10.3. The molecule has 0 radical (unpaired) electrons. The normalized spacial score (nSPS) is 11.6. The Kier molecular flexibility index (Phi) is 4.49. The lowest BCUT2D eigenvalue weighted by molar-refractivity contribution is 0.232. The van der Waals surface area contributed by atoms with Crippen molar-refractivity contribution in [1.82, 2.24) is 15.0 Å². The highest BCUT2D eigenvalue weighted by Crippen LogP contribution is 1.95. The molecule has 0 aliphatic rings. The molecule has 0 spiro atoms. The summed E-state index contributed by atoms with van der Waals surface area (Å²) in [7, 11) is 0. The second kappa shape index (κ2) is 5.98. The molecular weight excluding hydrogens is 182 g/mol. The van der Waals surface area contributed by atoms with Crippen molar-refractivity contribution < 1.29 is 5.21 Å². The molecule has 0 saturated carbocycles. The van der Waals surface area contributed by atoms with E-state index in [4.69, 9.17) is 10.9 Å². The van der Waals surface area contributed by atoms with Gasteiger partial charge in [0.2, 0.25) is 5.96 Å². The van der Waals surface area contributed by atoms with Crippen LogP contribution >= 0.6 is 0 Å². The molecule has 78 valence electrons. The van der Waals surface area contributed by atoms with Crippen LogP contribution in [0.15, 0.2) is 23.7 Å². The lowest BCUT2D eigenvalue weighted by Gasteiger charge is -2.00. The summed E-state index contributed by atoms with van der Waals surface area (Å²) in [6.45, 7) is 1.55. The van der Waals surface area contributed by atoms with Crippen LogP contribution in [0.4, 0.5) is 0 Å². The molecule has 1 heterocycles. The number of hydrogen-bond acceptors (Lipinski definition) is 3. The van der Waals surface area contributed by atoms with Crippen molar-refractivity contribution in [3.05, 3.63) is 18.7 Å². The van der Waals surface area contributed by atoms with E-state index in [1.165, 1.54) is 0 Å². The monoisotopic (exact) mass is 197 g/mol. The van der Waals surface area contributed by atoms with Gasteiger partial charge in [0, 0.05) is 25.5 Å². The average molecular weight is 197 g/mol. The third-order valence-corrected chi connectivity index (χ3v) is 1.78. The van der Waals surface area contributed by atoms with Crippen LogP contribution in [0.1, 0.15) is 12.8 Å².